The van der Waals surface area contributed by atoms with Crippen LogP contribution in [0.1, 0.15) is 45.1 Å². The van der Waals surface area contributed by atoms with Gasteiger partial charge < -0.3 is 10.2 Å². The Morgan fingerprint density at radius 3 is 2.71 bits per heavy atom. The summed E-state index contributed by atoms with van der Waals surface area (Å²) in [7, 11) is -3.12. The third kappa shape index (κ3) is 7.19. The fourth-order valence-corrected chi connectivity index (χ4v) is 5.39. The number of aliphatic imine (C=N–C) groups is 1. The molecular weight excluding hydrogens is 410 g/mol. The second-order valence-corrected chi connectivity index (χ2v) is 10.6. The summed E-state index contributed by atoms with van der Waals surface area (Å²) in [6, 6.07) is 11.5. The van der Waals surface area contributed by atoms with Gasteiger partial charge in [-0.15, -0.1) is 0 Å². The number of rotatable bonds is 9. The first kappa shape index (κ1) is 24.0. The predicted molar refractivity (Wildman–Crippen MR) is 128 cm³/mol. The minimum Gasteiger partial charge on any atom is -0.357 e. The fraction of sp³-hybridized carbons (Fsp3) is 0.696. The van der Waals surface area contributed by atoms with Gasteiger partial charge in [0, 0.05) is 45.3 Å². The lowest BCUT2D eigenvalue weighted by Gasteiger charge is -2.48. The average Bonchev–Trinajstić information content (AvgIpc) is 2.78. The molecule has 2 aliphatic heterocycles. The Labute approximate surface area is 188 Å². The van der Waals surface area contributed by atoms with Crippen LogP contribution in [0.5, 0.6) is 0 Å². The van der Waals surface area contributed by atoms with Crippen molar-refractivity contribution in [2.45, 2.75) is 52.1 Å². The minimum atomic E-state index is -3.12. The summed E-state index contributed by atoms with van der Waals surface area (Å²) in [4.78, 5) is 9.88. The number of benzene rings is 1. The molecule has 8 heteroatoms. The number of sulfonamides is 1. The van der Waals surface area contributed by atoms with Gasteiger partial charge >= 0.3 is 0 Å². The van der Waals surface area contributed by atoms with E-state index >= 15 is 0 Å². The van der Waals surface area contributed by atoms with Gasteiger partial charge in [-0.1, -0.05) is 30.3 Å². The highest BCUT2D eigenvalue weighted by Gasteiger charge is 2.36. The maximum atomic E-state index is 11.6. The molecule has 2 heterocycles. The number of fused-ring (bicyclic) bond motifs is 1. The molecule has 1 aromatic rings. The molecule has 0 radical (unpaired) electrons. The fourth-order valence-electron chi connectivity index (χ4n) is 4.73. The van der Waals surface area contributed by atoms with Crippen molar-refractivity contribution in [1.29, 1.82) is 0 Å². The van der Waals surface area contributed by atoms with E-state index in [0.717, 1.165) is 38.6 Å². The standard InChI is InChI=1S/C23H39N5O2S/c1-3-24-23(25-14-9-15-26-31(29,30)4-2)28-17-13-22-21(19-28)12-8-16-27(22)18-20-10-6-5-7-11-20/h5-7,10-11,21-22,26H,3-4,8-9,12-19H2,1-2H3,(H,24,25). The van der Waals surface area contributed by atoms with Crippen LogP contribution in [0, 0.1) is 5.92 Å². The van der Waals surface area contributed by atoms with Crippen LogP contribution in [0.2, 0.25) is 0 Å². The maximum absolute atomic E-state index is 11.6. The van der Waals surface area contributed by atoms with E-state index in [1.165, 1.54) is 24.9 Å². The van der Waals surface area contributed by atoms with Crippen molar-refractivity contribution in [3.63, 3.8) is 0 Å². The minimum absolute atomic E-state index is 0.122. The first-order valence-corrected chi connectivity index (χ1v) is 13.5. The predicted octanol–water partition coefficient (Wildman–Crippen LogP) is 2.27. The van der Waals surface area contributed by atoms with Gasteiger partial charge in [-0.25, -0.2) is 13.1 Å². The monoisotopic (exact) mass is 449 g/mol. The Hall–Kier alpha value is -1.64. The third-order valence-corrected chi connectivity index (χ3v) is 7.75. The number of hydrogen-bond donors (Lipinski definition) is 2. The van der Waals surface area contributed by atoms with Crippen LogP contribution in [-0.4, -0.2) is 75.2 Å². The zero-order valence-corrected chi connectivity index (χ0v) is 19.9. The SMILES string of the molecule is CCNC(=NCCCNS(=O)(=O)CC)N1CCC2C(CCCN2Cc2ccccc2)C1. The lowest BCUT2D eigenvalue weighted by Crippen LogP contribution is -2.56. The van der Waals surface area contributed by atoms with Gasteiger partial charge in [0.25, 0.3) is 0 Å². The van der Waals surface area contributed by atoms with Crippen LogP contribution in [0.3, 0.4) is 0 Å². The smallest absolute Gasteiger partial charge is 0.211 e. The number of nitrogens with one attached hydrogen (secondary N) is 2. The molecule has 0 spiro atoms. The molecule has 2 saturated heterocycles. The van der Waals surface area contributed by atoms with Crippen LogP contribution in [0.15, 0.2) is 35.3 Å². The number of piperidine rings is 2. The topological polar surface area (TPSA) is 77.0 Å². The number of hydrogen-bond acceptors (Lipinski definition) is 4. The van der Waals surface area contributed by atoms with Gasteiger partial charge in [-0.2, -0.15) is 0 Å². The first-order valence-electron chi connectivity index (χ1n) is 11.8. The number of guanidine groups is 1. The summed E-state index contributed by atoms with van der Waals surface area (Å²) in [5.74, 6) is 1.77. The Morgan fingerprint density at radius 2 is 1.97 bits per heavy atom. The van der Waals surface area contributed by atoms with Crippen molar-refractivity contribution in [3.05, 3.63) is 35.9 Å². The molecule has 0 aromatic heterocycles. The van der Waals surface area contributed by atoms with Crippen LogP contribution in [0.25, 0.3) is 0 Å². The Bertz CT molecular complexity index is 799. The van der Waals surface area contributed by atoms with Gasteiger partial charge in [0.2, 0.25) is 10.0 Å². The maximum Gasteiger partial charge on any atom is 0.211 e. The van der Waals surface area contributed by atoms with Crippen LogP contribution >= 0.6 is 0 Å². The van der Waals surface area contributed by atoms with Gasteiger partial charge in [0.1, 0.15) is 0 Å². The molecule has 0 amide bonds. The van der Waals surface area contributed by atoms with E-state index in [4.69, 9.17) is 4.99 Å². The van der Waals surface area contributed by atoms with Gasteiger partial charge in [-0.3, -0.25) is 9.89 Å². The van der Waals surface area contributed by atoms with E-state index in [9.17, 15) is 8.42 Å². The molecule has 0 saturated carbocycles. The largest absolute Gasteiger partial charge is 0.357 e. The zero-order chi connectivity index (χ0) is 22.1. The van der Waals surface area contributed by atoms with Crippen molar-refractivity contribution in [1.82, 2.24) is 19.8 Å². The molecule has 2 N–H and O–H groups in total. The van der Waals surface area contributed by atoms with Crippen LogP contribution in [-0.2, 0) is 16.6 Å². The molecule has 1 aromatic carbocycles. The molecule has 31 heavy (non-hydrogen) atoms. The van der Waals surface area contributed by atoms with E-state index in [1.807, 2.05) is 0 Å². The Morgan fingerprint density at radius 1 is 1.16 bits per heavy atom. The summed E-state index contributed by atoms with van der Waals surface area (Å²) in [5.41, 5.74) is 1.40. The molecule has 3 rings (SSSR count). The Balaban J connectivity index is 1.54. The quantitative estimate of drug-likeness (QED) is 0.344. The van der Waals surface area contributed by atoms with Crippen molar-refractivity contribution >= 4 is 16.0 Å². The van der Waals surface area contributed by atoms with Crippen molar-refractivity contribution in [2.24, 2.45) is 10.9 Å². The number of nitrogens with zero attached hydrogens (tertiary/aromatic N) is 3. The highest BCUT2D eigenvalue weighted by Crippen LogP contribution is 2.31. The summed E-state index contributed by atoms with van der Waals surface area (Å²) in [6.07, 6.45) is 4.41. The van der Waals surface area contributed by atoms with Crippen LogP contribution in [0.4, 0.5) is 0 Å². The van der Waals surface area contributed by atoms with Gasteiger partial charge in [0.15, 0.2) is 5.96 Å². The molecule has 0 aliphatic carbocycles. The van der Waals surface area contributed by atoms with E-state index in [-0.39, 0.29) is 5.75 Å². The summed E-state index contributed by atoms with van der Waals surface area (Å²) < 4.78 is 25.7. The van der Waals surface area contributed by atoms with Gasteiger partial charge in [-0.05, 0) is 57.6 Å². The van der Waals surface area contributed by atoms with E-state index < -0.39 is 10.0 Å². The van der Waals surface area contributed by atoms with E-state index in [2.05, 4.69) is 57.1 Å². The summed E-state index contributed by atoms with van der Waals surface area (Å²) >= 11 is 0. The average molecular weight is 450 g/mol. The molecule has 7 nitrogen and oxygen atoms in total. The second-order valence-electron chi connectivity index (χ2n) is 8.55. The normalized spacial score (nSPS) is 22.9. The zero-order valence-electron chi connectivity index (χ0n) is 19.1. The summed E-state index contributed by atoms with van der Waals surface area (Å²) in [5, 5.41) is 3.44. The highest BCUT2D eigenvalue weighted by molar-refractivity contribution is 7.89. The molecule has 2 aliphatic rings. The molecule has 2 fully saturated rings. The summed E-state index contributed by atoms with van der Waals surface area (Å²) in [6.45, 7) is 9.95. The molecule has 174 valence electrons. The molecule has 0 bridgehead atoms. The van der Waals surface area contributed by atoms with Crippen LogP contribution < -0.4 is 10.0 Å². The third-order valence-electron chi connectivity index (χ3n) is 6.34. The van der Waals surface area contributed by atoms with Crippen molar-refractivity contribution in [2.75, 3.05) is 45.0 Å². The van der Waals surface area contributed by atoms with Crippen molar-refractivity contribution < 1.29 is 8.42 Å². The molecule has 2 atom stereocenters. The van der Waals surface area contributed by atoms with Gasteiger partial charge in [0.05, 0.1) is 5.75 Å². The highest BCUT2D eigenvalue weighted by atomic mass is 32.2. The molecular formula is C23H39N5O2S. The first-order chi connectivity index (χ1) is 15.0. The number of likely N-dealkylation sites (tertiary alicyclic amines) is 2. The second kappa shape index (κ2) is 11.8. The lowest BCUT2D eigenvalue weighted by atomic mass is 9.83. The molecule has 2 unspecified atom stereocenters. The van der Waals surface area contributed by atoms with E-state index in [1.54, 1.807) is 6.92 Å². The Kier molecular flexibility index (Phi) is 9.16. The van der Waals surface area contributed by atoms with E-state index in [0.29, 0.717) is 31.5 Å². The van der Waals surface area contributed by atoms with Crippen molar-refractivity contribution in [3.8, 4) is 0 Å². The lowest BCUT2D eigenvalue weighted by molar-refractivity contribution is 0.0372.